The van der Waals surface area contributed by atoms with Crippen LogP contribution in [-0.2, 0) is 40.2 Å². The molecule has 156 valence electrons. The fraction of sp³-hybridized carbons (Fsp3) is 0. The average molecular weight is 756 g/mol. The van der Waals surface area contributed by atoms with Gasteiger partial charge in [0.05, 0.1) is 30.5 Å². The monoisotopic (exact) mass is 758 g/mol. The average Bonchev–Trinajstić information content (AvgIpc) is 2.08. The Morgan fingerprint density at radius 3 is 0.269 bits per heavy atom. The molecule has 0 rings (SSSR count). The second-order valence-electron chi connectivity index (χ2n) is 1.34. The van der Waals surface area contributed by atoms with E-state index in [1.165, 1.54) is 0 Å². The molecule has 0 aromatic carbocycles. The summed E-state index contributed by atoms with van der Waals surface area (Å²) < 4.78 is 0. The van der Waals surface area contributed by atoms with Crippen LogP contribution in [0.1, 0.15) is 0 Å². The van der Waals surface area contributed by atoms with E-state index in [1.54, 1.807) is 0 Å². The molecule has 24 nitrogen and oxygen atoms in total. The first-order valence-electron chi connectivity index (χ1n) is 3.29. The Bertz CT molecular complexity index is 261. The van der Waals surface area contributed by atoms with Crippen molar-refractivity contribution < 1.29 is 70.7 Å². The van der Waals surface area contributed by atoms with Crippen molar-refractivity contribution in [3.8, 4) is 0 Å². The van der Waals surface area contributed by atoms with Crippen LogP contribution in [0.3, 0.4) is 0 Å². The minimum absolute atomic E-state index is 0. The minimum atomic E-state index is -1.75. The predicted octanol–water partition coefficient (Wildman–Crippen LogP) is -1.44. The topological polar surface area (TPSA) is 397 Å². The van der Waals surface area contributed by atoms with Gasteiger partial charge in [0.25, 0.3) is 0 Å². The zero-order chi connectivity index (χ0) is 21.5. The molecule has 0 aliphatic heterocycles. The quantitative estimate of drug-likeness (QED) is 0.202. The third kappa shape index (κ3) is 636. The van der Waals surface area contributed by atoms with Crippen LogP contribution in [0.15, 0.2) is 0 Å². The molecule has 0 saturated heterocycles. The zero-order valence-electron chi connectivity index (χ0n) is 10.7. The number of rotatable bonds is 0. The summed E-state index contributed by atoms with van der Waals surface area (Å²) in [6.07, 6.45) is 0. The first-order chi connectivity index (χ1) is 10.4. The summed E-state index contributed by atoms with van der Waals surface area (Å²) in [5.41, 5.74) is 0. The van der Waals surface area contributed by atoms with Gasteiger partial charge in [-0.05, 0) is 0 Å². The molecule has 0 radical (unpaired) electrons. The van der Waals surface area contributed by atoms with Crippen LogP contribution in [0.4, 0.5) is 0 Å². The summed E-state index contributed by atoms with van der Waals surface area (Å²) in [6.45, 7) is 0. The van der Waals surface area contributed by atoms with Crippen molar-refractivity contribution in [2.45, 2.75) is 0 Å². The summed E-state index contributed by atoms with van der Waals surface area (Å²) >= 11 is 0. The predicted molar refractivity (Wildman–Crippen MR) is 62.2 cm³/mol. The maximum Gasteiger partial charge on any atom is 3.00 e. The van der Waals surface area contributed by atoms with E-state index in [1.807, 2.05) is 0 Å². The van der Waals surface area contributed by atoms with Crippen molar-refractivity contribution in [2.75, 3.05) is 0 Å². The Kier molecular flexibility index (Phi) is 81.8. The van der Waals surface area contributed by atoms with Crippen LogP contribution in [0.2, 0.25) is 0 Å². The Hall–Kier alpha value is -3.50. The van der Waals surface area contributed by atoms with Gasteiger partial charge < -0.3 is 91.9 Å². The van der Waals surface area contributed by atoms with E-state index >= 15 is 0 Å². The van der Waals surface area contributed by atoms with Crippen molar-refractivity contribution >= 4 is 0 Å². The fourth-order valence-corrected chi connectivity index (χ4v) is 0. The summed E-state index contributed by atoms with van der Waals surface area (Å²) in [5.74, 6) is 0. The van der Waals surface area contributed by atoms with Crippen molar-refractivity contribution in [2.24, 2.45) is 0 Å². The smallest absolute Gasteiger partial charge is 0.356 e. The van der Waals surface area contributed by atoms with Gasteiger partial charge in [-0.2, -0.15) is 0 Å². The van der Waals surface area contributed by atoms with Crippen LogP contribution in [0.5, 0.6) is 0 Å². The molecule has 0 unspecified atom stereocenters. The molecule has 0 atom stereocenters. The first-order valence-corrected chi connectivity index (χ1v) is 3.29. The second kappa shape index (κ2) is 43.0. The van der Waals surface area contributed by atoms with Gasteiger partial charge in [-0.25, -0.2) is 0 Å². The Labute approximate surface area is 163 Å². The van der Waals surface area contributed by atoms with E-state index in [-0.39, 0.29) is 40.2 Å². The second-order valence-corrected chi connectivity index (χ2v) is 1.34. The van der Waals surface area contributed by atoms with Crippen LogP contribution in [0, 0.1) is 91.9 Å². The molecule has 0 saturated carbocycles. The van der Waals surface area contributed by atoms with Gasteiger partial charge in [0, 0.05) is 0 Å². The van der Waals surface area contributed by atoms with Crippen LogP contribution in [0.25, 0.3) is 0 Å². The fourth-order valence-electron chi connectivity index (χ4n) is 0. The maximum absolute atomic E-state index is 8.25. The molecule has 0 aliphatic rings. The molecular formula is Ir2N6O18. The summed E-state index contributed by atoms with van der Waals surface area (Å²) in [5, 5.41) is 88.5. The molecule has 0 bridgehead atoms. The van der Waals surface area contributed by atoms with Gasteiger partial charge in [0.15, 0.2) is 0 Å². The van der Waals surface area contributed by atoms with Crippen LogP contribution < -0.4 is 0 Å². The molecule has 0 amide bonds. The normalized spacial score (nSPS) is 5.54. The minimum Gasteiger partial charge on any atom is -0.356 e. The summed E-state index contributed by atoms with van der Waals surface area (Å²) in [6, 6.07) is 0. The first kappa shape index (κ1) is 49.5. The third-order valence-electron chi connectivity index (χ3n) is 0. The van der Waals surface area contributed by atoms with Crippen molar-refractivity contribution in [3.63, 3.8) is 0 Å². The van der Waals surface area contributed by atoms with Crippen LogP contribution >= 0.6 is 0 Å². The Morgan fingerprint density at radius 2 is 0.269 bits per heavy atom. The number of nitrogens with zero attached hydrogens (tertiary/aromatic N) is 6. The summed E-state index contributed by atoms with van der Waals surface area (Å²) in [7, 11) is 0. The zero-order valence-corrected chi connectivity index (χ0v) is 15.5. The van der Waals surface area contributed by atoms with E-state index in [9.17, 15) is 0 Å². The van der Waals surface area contributed by atoms with Crippen LogP contribution in [-0.4, -0.2) is 30.5 Å². The van der Waals surface area contributed by atoms with Crippen molar-refractivity contribution in [3.05, 3.63) is 91.9 Å². The largest absolute Gasteiger partial charge is 3.00 e. The number of hydrogen-bond acceptors (Lipinski definition) is 18. The molecule has 26 heavy (non-hydrogen) atoms. The molecule has 26 heteroatoms. The Morgan fingerprint density at radius 1 is 0.269 bits per heavy atom. The van der Waals surface area contributed by atoms with E-state index < -0.39 is 30.5 Å². The maximum atomic E-state index is 8.25. The summed E-state index contributed by atoms with van der Waals surface area (Å²) in [4.78, 5) is 49.5. The van der Waals surface area contributed by atoms with Gasteiger partial charge in [0.1, 0.15) is 0 Å². The van der Waals surface area contributed by atoms with E-state index in [0.717, 1.165) is 0 Å². The van der Waals surface area contributed by atoms with E-state index in [2.05, 4.69) is 0 Å². The van der Waals surface area contributed by atoms with Gasteiger partial charge in [-0.15, -0.1) is 0 Å². The third-order valence-corrected chi connectivity index (χ3v) is 0. The number of hydrogen-bond donors (Lipinski definition) is 0. The molecule has 0 aromatic heterocycles. The molecule has 0 aliphatic carbocycles. The molecule has 0 N–H and O–H groups in total. The van der Waals surface area contributed by atoms with Crippen molar-refractivity contribution in [1.82, 2.24) is 0 Å². The van der Waals surface area contributed by atoms with Crippen molar-refractivity contribution in [1.29, 1.82) is 0 Å². The molecule has 0 heterocycles. The van der Waals surface area contributed by atoms with E-state index in [4.69, 9.17) is 91.9 Å². The standard InChI is InChI=1S/2Ir.6NO3/c;;6*2-1(3)4/q2*+3;6*-1. The van der Waals surface area contributed by atoms with Gasteiger partial charge in [0.2, 0.25) is 0 Å². The molecule has 0 spiro atoms. The van der Waals surface area contributed by atoms with Gasteiger partial charge in [-0.1, -0.05) is 0 Å². The molecule has 0 fully saturated rings. The van der Waals surface area contributed by atoms with Gasteiger partial charge in [-0.3, -0.25) is 0 Å². The molecular weight excluding hydrogens is 756 g/mol. The van der Waals surface area contributed by atoms with E-state index in [0.29, 0.717) is 0 Å². The SMILES string of the molecule is O=[N+]([O-])[O-].O=[N+]([O-])[O-].O=[N+]([O-])[O-].O=[N+]([O-])[O-].O=[N+]([O-])[O-].O=[N+]([O-])[O-].[Ir+3].[Ir+3]. The Balaban J connectivity index is -0.0000000245. The van der Waals surface area contributed by atoms with Gasteiger partial charge >= 0.3 is 40.2 Å². The molecule has 0 aromatic rings.